The van der Waals surface area contributed by atoms with Gasteiger partial charge < -0.3 is 19.9 Å². The minimum atomic E-state index is -0.683. The quantitative estimate of drug-likeness (QED) is 0.436. The highest BCUT2D eigenvalue weighted by Crippen LogP contribution is 2.39. The summed E-state index contributed by atoms with van der Waals surface area (Å²) < 4.78 is 5.30. The van der Waals surface area contributed by atoms with E-state index in [-0.39, 0.29) is 23.6 Å². The van der Waals surface area contributed by atoms with Crippen molar-refractivity contribution in [1.82, 2.24) is 15.1 Å². The summed E-state index contributed by atoms with van der Waals surface area (Å²) in [5.41, 5.74) is 6.51. The summed E-state index contributed by atoms with van der Waals surface area (Å²) >= 11 is 1.77. The van der Waals surface area contributed by atoms with Gasteiger partial charge in [-0.25, -0.2) is 0 Å². The highest BCUT2D eigenvalue weighted by Gasteiger charge is 2.44. The van der Waals surface area contributed by atoms with Gasteiger partial charge in [0.1, 0.15) is 12.1 Å². The Labute approximate surface area is 247 Å². The Morgan fingerprint density at radius 2 is 1.88 bits per heavy atom. The van der Waals surface area contributed by atoms with Crippen LogP contribution in [-0.4, -0.2) is 59.9 Å². The zero-order valence-corrected chi connectivity index (χ0v) is 25.1. The lowest BCUT2D eigenvalue weighted by Crippen LogP contribution is -2.53. The standard InChI is InChI=1S/C33H39N3O4S/c1-21-16-29(31(37)34-17-24-9-11-25(12-10-24)30-23(3)15-22(2)20-41-30)35(18-21)33(39)28(13-14-40-4)36-19-26-7-5-6-8-27(26)32(36)38/h5-12,20-21,28-29H,13-19H2,1-4H3,(H,34,37). The molecule has 0 radical (unpaired) electrons. The third-order valence-corrected chi connectivity index (χ3v) is 9.53. The van der Waals surface area contributed by atoms with E-state index in [0.717, 1.165) is 17.5 Å². The third kappa shape index (κ3) is 6.28. The Morgan fingerprint density at radius 3 is 2.59 bits per heavy atom. The summed E-state index contributed by atoms with van der Waals surface area (Å²) in [6, 6.07) is 14.6. The molecule has 1 N–H and O–H groups in total. The molecule has 3 aliphatic rings. The van der Waals surface area contributed by atoms with Crippen LogP contribution in [0.2, 0.25) is 0 Å². The van der Waals surface area contributed by atoms with Gasteiger partial charge >= 0.3 is 0 Å². The highest BCUT2D eigenvalue weighted by molar-refractivity contribution is 8.11. The first-order valence-corrected chi connectivity index (χ1v) is 15.2. The van der Waals surface area contributed by atoms with E-state index in [0.29, 0.717) is 44.6 Å². The normalized spacial score (nSPS) is 21.2. The van der Waals surface area contributed by atoms with Crippen LogP contribution >= 0.6 is 11.8 Å². The average Bonchev–Trinajstić information content (AvgIpc) is 3.52. The van der Waals surface area contributed by atoms with Gasteiger partial charge in [-0.05, 0) is 60.8 Å². The van der Waals surface area contributed by atoms with Crippen molar-refractivity contribution in [2.45, 2.75) is 65.2 Å². The molecule has 0 bridgehead atoms. The van der Waals surface area contributed by atoms with Crippen LogP contribution in [0.5, 0.6) is 0 Å². The minimum Gasteiger partial charge on any atom is -0.385 e. The number of likely N-dealkylation sites (tertiary alicyclic amines) is 1. The molecule has 216 valence electrons. The van der Waals surface area contributed by atoms with Crippen LogP contribution in [-0.2, 0) is 27.4 Å². The van der Waals surface area contributed by atoms with E-state index in [4.69, 9.17) is 4.74 Å². The lowest BCUT2D eigenvalue weighted by atomic mass is 10.0. The second kappa shape index (κ2) is 12.7. The number of fused-ring (bicyclic) bond motifs is 1. The van der Waals surface area contributed by atoms with Crippen molar-refractivity contribution < 1.29 is 19.1 Å². The molecule has 3 heterocycles. The Kier molecular flexibility index (Phi) is 9.00. The van der Waals surface area contributed by atoms with Crippen LogP contribution in [0.25, 0.3) is 4.91 Å². The van der Waals surface area contributed by atoms with Gasteiger partial charge in [-0.1, -0.05) is 72.3 Å². The lowest BCUT2D eigenvalue weighted by Gasteiger charge is -2.33. The Balaban J connectivity index is 1.25. The maximum atomic E-state index is 14.0. The van der Waals surface area contributed by atoms with Gasteiger partial charge in [0, 0.05) is 50.2 Å². The monoisotopic (exact) mass is 573 g/mol. The molecule has 1 fully saturated rings. The first-order valence-electron chi connectivity index (χ1n) is 14.3. The second-order valence-corrected chi connectivity index (χ2v) is 12.4. The highest BCUT2D eigenvalue weighted by atomic mass is 32.2. The molecule has 8 heteroatoms. The summed E-state index contributed by atoms with van der Waals surface area (Å²) in [4.78, 5) is 45.3. The fourth-order valence-corrected chi connectivity index (χ4v) is 7.04. The van der Waals surface area contributed by atoms with E-state index in [2.05, 4.69) is 55.8 Å². The summed E-state index contributed by atoms with van der Waals surface area (Å²) in [6.07, 6.45) is 1.98. The number of nitrogens with one attached hydrogen (secondary N) is 1. The molecule has 0 aliphatic carbocycles. The molecule has 2 aromatic rings. The molecular weight excluding hydrogens is 534 g/mol. The minimum absolute atomic E-state index is 0.143. The Morgan fingerprint density at radius 1 is 1.12 bits per heavy atom. The SMILES string of the molecule is COCCC(C(=O)N1CC(C)CC1C(=O)NCc1ccc(C2=C(C)CC(C)=CS2)cc1)N1Cc2ccccc2C1=O. The van der Waals surface area contributed by atoms with E-state index >= 15 is 0 Å². The van der Waals surface area contributed by atoms with Crippen LogP contribution in [0.1, 0.15) is 67.1 Å². The van der Waals surface area contributed by atoms with E-state index in [1.807, 2.05) is 18.2 Å². The molecule has 3 amide bonds. The second-order valence-electron chi connectivity index (χ2n) is 11.5. The van der Waals surface area contributed by atoms with Crippen molar-refractivity contribution in [2.24, 2.45) is 5.92 Å². The molecule has 0 aromatic heterocycles. The summed E-state index contributed by atoms with van der Waals surface area (Å²) in [5.74, 6) is -0.300. The molecule has 3 atom stereocenters. The van der Waals surface area contributed by atoms with Crippen LogP contribution in [0.3, 0.4) is 0 Å². The molecular formula is C33H39N3O4S. The predicted octanol–water partition coefficient (Wildman–Crippen LogP) is 5.37. The van der Waals surface area contributed by atoms with Gasteiger partial charge in [-0.15, -0.1) is 0 Å². The van der Waals surface area contributed by atoms with E-state index in [1.54, 1.807) is 34.7 Å². The number of carbonyl (C=O) groups excluding carboxylic acids is 3. The average molecular weight is 574 g/mol. The fraction of sp³-hybridized carbons (Fsp3) is 0.424. The lowest BCUT2D eigenvalue weighted by molar-refractivity contribution is -0.142. The number of allylic oxidation sites excluding steroid dienone is 2. The summed E-state index contributed by atoms with van der Waals surface area (Å²) in [7, 11) is 1.59. The molecule has 41 heavy (non-hydrogen) atoms. The first kappa shape index (κ1) is 29.1. The molecule has 2 aromatic carbocycles. The van der Waals surface area contributed by atoms with Crippen LogP contribution < -0.4 is 5.32 Å². The number of ether oxygens (including phenoxy) is 1. The van der Waals surface area contributed by atoms with Crippen molar-refractivity contribution >= 4 is 34.4 Å². The Hall–Kier alpha value is -3.36. The molecule has 0 spiro atoms. The number of carbonyl (C=O) groups is 3. The van der Waals surface area contributed by atoms with Crippen molar-refractivity contribution in [3.63, 3.8) is 0 Å². The van der Waals surface area contributed by atoms with Gasteiger partial charge in [-0.3, -0.25) is 14.4 Å². The number of methoxy groups -OCH3 is 1. The number of amides is 3. The number of benzene rings is 2. The van der Waals surface area contributed by atoms with Gasteiger partial charge in [0.25, 0.3) is 5.91 Å². The first-order chi connectivity index (χ1) is 19.8. The fourth-order valence-electron chi connectivity index (χ4n) is 6.10. The van der Waals surface area contributed by atoms with Crippen LogP contribution in [0.15, 0.2) is 65.1 Å². The molecule has 3 aliphatic heterocycles. The van der Waals surface area contributed by atoms with Crippen LogP contribution in [0, 0.1) is 5.92 Å². The van der Waals surface area contributed by atoms with E-state index in [9.17, 15) is 14.4 Å². The maximum Gasteiger partial charge on any atom is 0.255 e. The molecule has 7 nitrogen and oxygen atoms in total. The van der Waals surface area contributed by atoms with Gasteiger partial charge in [0.2, 0.25) is 11.8 Å². The number of hydrogen-bond donors (Lipinski definition) is 1. The van der Waals surface area contributed by atoms with Crippen molar-refractivity contribution in [3.8, 4) is 0 Å². The number of hydrogen-bond acceptors (Lipinski definition) is 5. The third-order valence-electron chi connectivity index (χ3n) is 8.19. The smallest absolute Gasteiger partial charge is 0.255 e. The summed E-state index contributed by atoms with van der Waals surface area (Å²) in [6.45, 7) is 8.01. The van der Waals surface area contributed by atoms with E-state index in [1.165, 1.54) is 21.6 Å². The van der Waals surface area contributed by atoms with Gasteiger partial charge in [0.05, 0.1) is 0 Å². The zero-order chi connectivity index (χ0) is 29.1. The van der Waals surface area contributed by atoms with Gasteiger partial charge in [0.15, 0.2) is 0 Å². The largest absolute Gasteiger partial charge is 0.385 e. The van der Waals surface area contributed by atoms with Crippen LogP contribution in [0.4, 0.5) is 0 Å². The molecule has 5 rings (SSSR count). The maximum absolute atomic E-state index is 14.0. The van der Waals surface area contributed by atoms with E-state index < -0.39 is 12.1 Å². The zero-order valence-electron chi connectivity index (χ0n) is 24.3. The summed E-state index contributed by atoms with van der Waals surface area (Å²) in [5, 5.41) is 5.28. The number of nitrogens with zero attached hydrogens (tertiary/aromatic N) is 2. The van der Waals surface area contributed by atoms with Crippen molar-refractivity contribution in [1.29, 1.82) is 0 Å². The molecule has 3 unspecified atom stereocenters. The topological polar surface area (TPSA) is 79.0 Å². The van der Waals surface area contributed by atoms with Gasteiger partial charge in [-0.2, -0.15) is 0 Å². The Bertz CT molecular complexity index is 1380. The number of thioether (sulfide) groups is 1. The molecule has 1 saturated heterocycles. The van der Waals surface area contributed by atoms with Crippen molar-refractivity contribution in [3.05, 3.63) is 87.3 Å². The van der Waals surface area contributed by atoms with Crippen molar-refractivity contribution in [2.75, 3.05) is 20.3 Å². The predicted molar refractivity (Wildman–Crippen MR) is 163 cm³/mol. The molecule has 0 saturated carbocycles. The number of rotatable bonds is 9.